The molecule has 5 nitrogen and oxygen atoms in total. The van der Waals surface area contributed by atoms with E-state index in [2.05, 4.69) is 46.0 Å². The number of nitrogens with one attached hydrogen (secondary N) is 2. The van der Waals surface area contributed by atoms with Gasteiger partial charge in [0.1, 0.15) is 0 Å². The van der Waals surface area contributed by atoms with Crippen LogP contribution in [0.5, 0.6) is 0 Å². The second kappa shape index (κ2) is 8.32. The zero-order chi connectivity index (χ0) is 19.3. The van der Waals surface area contributed by atoms with Crippen molar-refractivity contribution in [1.29, 1.82) is 0 Å². The highest BCUT2D eigenvalue weighted by Gasteiger charge is 2.43. The van der Waals surface area contributed by atoms with Crippen molar-refractivity contribution in [3.63, 3.8) is 0 Å². The molecule has 2 N–H and O–H groups in total. The topological polar surface area (TPSA) is 56.7 Å². The maximum atomic E-state index is 12.7. The summed E-state index contributed by atoms with van der Waals surface area (Å²) in [5, 5.41) is 6.96. The lowest BCUT2D eigenvalue weighted by Gasteiger charge is -2.31. The van der Waals surface area contributed by atoms with Crippen LogP contribution in [0, 0.1) is 10.8 Å². The van der Waals surface area contributed by atoms with E-state index in [1.54, 1.807) is 11.9 Å². The maximum Gasteiger partial charge on any atom is 0.230 e. The van der Waals surface area contributed by atoms with Crippen molar-refractivity contribution >= 4 is 11.9 Å². The Hall–Kier alpha value is -2.04. The van der Waals surface area contributed by atoms with Crippen LogP contribution in [-0.4, -0.2) is 51.0 Å². The SMILES string of the molecule is CN=C(NCC1(Cc2ccccc2)CC1)NCC1(C(=O)N(C)C)CCCC1. The summed E-state index contributed by atoms with van der Waals surface area (Å²) in [5.74, 6) is 1.05. The van der Waals surface area contributed by atoms with Crippen molar-refractivity contribution in [2.24, 2.45) is 15.8 Å². The number of benzene rings is 1. The summed E-state index contributed by atoms with van der Waals surface area (Å²) in [5.41, 5.74) is 1.48. The molecule has 0 unspecified atom stereocenters. The first kappa shape index (κ1) is 19.7. The summed E-state index contributed by atoms with van der Waals surface area (Å²) in [7, 11) is 5.52. The minimum Gasteiger partial charge on any atom is -0.356 e. The molecule has 0 aromatic heterocycles. The van der Waals surface area contributed by atoms with E-state index in [1.807, 2.05) is 14.1 Å². The molecule has 3 rings (SSSR count). The van der Waals surface area contributed by atoms with Crippen LogP contribution in [0.3, 0.4) is 0 Å². The fourth-order valence-corrected chi connectivity index (χ4v) is 4.36. The maximum absolute atomic E-state index is 12.7. The molecule has 2 aliphatic rings. The van der Waals surface area contributed by atoms with E-state index in [1.165, 1.54) is 18.4 Å². The molecule has 0 saturated heterocycles. The quantitative estimate of drug-likeness (QED) is 0.573. The molecule has 1 amide bonds. The molecule has 0 atom stereocenters. The molecule has 0 spiro atoms. The molecule has 0 bridgehead atoms. The van der Waals surface area contributed by atoms with Crippen LogP contribution in [0.15, 0.2) is 35.3 Å². The van der Waals surface area contributed by atoms with Gasteiger partial charge in [-0.05, 0) is 43.1 Å². The molecule has 2 aliphatic carbocycles. The normalized spacial score (nSPS) is 20.2. The van der Waals surface area contributed by atoms with Gasteiger partial charge >= 0.3 is 0 Å². The number of amides is 1. The smallest absolute Gasteiger partial charge is 0.230 e. The lowest BCUT2D eigenvalue weighted by atomic mass is 9.84. The number of rotatable bonds is 7. The number of aliphatic imine (C=N–C) groups is 1. The van der Waals surface area contributed by atoms with Crippen molar-refractivity contribution in [1.82, 2.24) is 15.5 Å². The fourth-order valence-electron chi connectivity index (χ4n) is 4.36. The molecule has 0 aliphatic heterocycles. The van der Waals surface area contributed by atoms with Gasteiger partial charge in [0.05, 0.1) is 5.41 Å². The lowest BCUT2D eigenvalue weighted by molar-refractivity contribution is -0.138. The number of carbonyl (C=O) groups is 1. The first-order valence-corrected chi connectivity index (χ1v) is 10.2. The van der Waals surface area contributed by atoms with E-state index >= 15 is 0 Å². The molecule has 2 saturated carbocycles. The Morgan fingerprint density at radius 1 is 1.04 bits per heavy atom. The molecule has 5 heteroatoms. The molecule has 1 aromatic carbocycles. The molecule has 148 valence electrons. The van der Waals surface area contributed by atoms with Gasteiger partial charge in [-0.1, -0.05) is 43.2 Å². The minimum absolute atomic E-state index is 0.241. The average Bonchev–Trinajstić information content (AvgIpc) is 3.26. The summed E-state index contributed by atoms with van der Waals surface area (Å²) < 4.78 is 0. The van der Waals surface area contributed by atoms with Gasteiger partial charge < -0.3 is 15.5 Å². The van der Waals surface area contributed by atoms with Crippen LogP contribution in [0.1, 0.15) is 44.1 Å². The molecule has 1 aromatic rings. The van der Waals surface area contributed by atoms with Crippen molar-refractivity contribution in [3.8, 4) is 0 Å². The molecule has 0 radical (unpaired) electrons. The Labute approximate surface area is 163 Å². The highest BCUT2D eigenvalue weighted by Crippen LogP contribution is 2.47. The molecule has 0 heterocycles. The highest BCUT2D eigenvalue weighted by molar-refractivity contribution is 5.85. The van der Waals surface area contributed by atoms with Crippen molar-refractivity contribution in [3.05, 3.63) is 35.9 Å². The van der Waals surface area contributed by atoms with Crippen LogP contribution < -0.4 is 10.6 Å². The fraction of sp³-hybridized carbons (Fsp3) is 0.636. The van der Waals surface area contributed by atoms with Crippen LogP contribution in [-0.2, 0) is 11.2 Å². The Morgan fingerprint density at radius 3 is 2.22 bits per heavy atom. The largest absolute Gasteiger partial charge is 0.356 e. The zero-order valence-corrected chi connectivity index (χ0v) is 17.1. The summed E-state index contributed by atoms with van der Waals surface area (Å²) in [6, 6.07) is 10.7. The Morgan fingerprint density at radius 2 is 1.67 bits per heavy atom. The van der Waals surface area contributed by atoms with Crippen molar-refractivity contribution in [2.75, 3.05) is 34.2 Å². The van der Waals surface area contributed by atoms with Gasteiger partial charge in [0.15, 0.2) is 5.96 Å². The second-order valence-corrected chi connectivity index (χ2v) is 8.63. The highest BCUT2D eigenvalue weighted by atomic mass is 16.2. The summed E-state index contributed by atoms with van der Waals surface area (Å²) >= 11 is 0. The summed E-state index contributed by atoms with van der Waals surface area (Å²) in [6.07, 6.45) is 7.82. The van der Waals surface area contributed by atoms with Crippen molar-refractivity contribution < 1.29 is 4.79 Å². The third-order valence-electron chi connectivity index (χ3n) is 6.25. The number of hydrogen-bond acceptors (Lipinski definition) is 2. The standard InChI is InChI=1S/C22H34N4O/c1-23-20(25-17-22(11-7-8-12-22)19(27)26(2)3)24-16-21(13-14-21)15-18-9-5-4-6-10-18/h4-6,9-10H,7-8,11-17H2,1-3H3,(H2,23,24,25). The van der Waals surface area contributed by atoms with Gasteiger partial charge in [-0.2, -0.15) is 0 Å². The summed E-state index contributed by atoms with van der Waals surface area (Å²) in [6.45, 7) is 1.59. The van der Waals surface area contributed by atoms with Crippen LogP contribution >= 0.6 is 0 Å². The van der Waals surface area contributed by atoms with Gasteiger partial charge in [-0.3, -0.25) is 9.79 Å². The third kappa shape index (κ3) is 4.82. The van der Waals surface area contributed by atoms with E-state index in [0.29, 0.717) is 12.0 Å². The predicted octanol–water partition coefficient (Wildman–Crippen LogP) is 2.82. The molecule has 2 fully saturated rings. The minimum atomic E-state index is -0.275. The Bertz CT molecular complexity index is 658. The zero-order valence-electron chi connectivity index (χ0n) is 17.1. The Kier molecular flexibility index (Phi) is 6.08. The first-order chi connectivity index (χ1) is 13.0. The van der Waals surface area contributed by atoms with E-state index in [0.717, 1.165) is 44.6 Å². The lowest BCUT2D eigenvalue weighted by Crippen LogP contribution is -2.49. The van der Waals surface area contributed by atoms with Gasteiger partial charge in [-0.25, -0.2) is 0 Å². The van der Waals surface area contributed by atoms with Crippen LogP contribution in [0.25, 0.3) is 0 Å². The molecular weight excluding hydrogens is 336 g/mol. The molecule has 27 heavy (non-hydrogen) atoms. The monoisotopic (exact) mass is 370 g/mol. The number of nitrogens with zero attached hydrogens (tertiary/aromatic N) is 2. The van der Waals surface area contributed by atoms with E-state index in [9.17, 15) is 4.79 Å². The first-order valence-electron chi connectivity index (χ1n) is 10.2. The van der Waals surface area contributed by atoms with E-state index in [-0.39, 0.29) is 11.3 Å². The second-order valence-electron chi connectivity index (χ2n) is 8.63. The van der Waals surface area contributed by atoms with Gasteiger partial charge in [-0.15, -0.1) is 0 Å². The van der Waals surface area contributed by atoms with Gasteiger partial charge in [0.25, 0.3) is 0 Å². The third-order valence-corrected chi connectivity index (χ3v) is 6.25. The van der Waals surface area contributed by atoms with Gasteiger partial charge in [0, 0.05) is 34.2 Å². The van der Waals surface area contributed by atoms with Gasteiger partial charge in [0.2, 0.25) is 5.91 Å². The number of carbonyl (C=O) groups excluding carboxylic acids is 1. The number of guanidine groups is 1. The summed E-state index contributed by atoms with van der Waals surface area (Å²) in [4.78, 5) is 18.9. The van der Waals surface area contributed by atoms with Crippen LogP contribution in [0.4, 0.5) is 0 Å². The van der Waals surface area contributed by atoms with E-state index in [4.69, 9.17) is 0 Å². The predicted molar refractivity (Wildman–Crippen MR) is 111 cm³/mol. The van der Waals surface area contributed by atoms with Crippen molar-refractivity contribution in [2.45, 2.75) is 44.9 Å². The number of hydrogen-bond donors (Lipinski definition) is 2. The Balaban J connectivity index is 1.53. The van der Waals surface area contributed by atoms with E-state index < -0.39 is 0 Å². The molecular formula is C22H34N4O. The van der Waals surface area contributed by atoms with Crippen LogP contribution in [0.2, 0.25) is 0 Å². The average molecular weight is 371 g/mol.